The number of fused-ring (bicyclic) bond motifs is 1. The molecule has 1 saturated heterocycles. The van der Waals surface area contributed by atoms with E-state index in [1.165, 1.54) is 31.4 Å². The number of nitrogens with two attached hydrogens (primary N) is 1. The average Bonchev–Trinajstić information content (AvgIpc) is 3.49. The van der Waals surface area contributed by atoms with E-state index in [1.807, 2.05) is 0 Å². The van der Waals surface area contributed by atoms with Crippen LogP contribution >= 0.6 is 0 Å². The van der Waals surface area contributed by atoms with Gasteiger partial charge in [0.25, 0.3) is 5.91 Å². The molecule has 3 N–H and O–H groups in total. The second-order valence-electron chi connectivity index (χ2n) is 10.1. The molecule has 2 aliphatic rings. The Labute approximate surface area is 229 Å². The number of nitrogens with one attached hydrogen (secondary N) is 1. The van der Waals surface area contributed by atoms with Crippen molar-refractivity contribution in [2.24, 2.45) is 5.92 Å². The summed E-state index contributed by atoms with van der Waals surface area (Å²) in [5.41, 5.74) is 4.22. The summed E-state index contributed by atoms with van der Waals surface area (Å²) in [5.74, 6) is -5.20. The Balaban J connectivity index is 1.41. The minimum absolute atomic E-state index is 0.0410. The van der Waals surface area contributed by atoms with Gasteiger partial charge in [-0.3, -0.25) is 9.59 Å². The highest BCUT2D eigenvalue weighted by molar-refractivity contribution is 5.98. The zero-order chi connectivity index (χ0) is 29.7. The van der Waals surface area contributed by atoms with Gasteiger partial charge in [0, 0.05) is 50.2 Å². The van der Waals surface area contributed by atoms with Gasteiger partial charge in [0.1, 0.15) is 17.4 Å². The number of carbonyl (C=O) groups excluding carboxylic acids is 2. The fourth-order valence-corrected chi connectivity index (χ4v) is 5.38. The summed E-state index contributed by atoms with van der Waals surface area (Å²) in [6.07, 6.45) is -3.26. The maximum atomic E-state index is 13.8. The van der Waals surface area contributed by atoms with Gasteiger partial charge in [-0.15, -0.1) is 0 Å². The Hall–Kier alpha value is -4.08. The quantitative estimate of drug-likeness (QED) is 0.406. The Kier molecular flexibility index (Phi) is 7.21. The minimum atomic E-state index is -4.76. The number of halogens is 5. The molecule has 220 valence electrons. The molecular weight excluding hydrogens is 557 g/mol. The summed E-state index contributed by atoms with van der Waals surface area (Å²) >= 11 is 0. The van der Waals surface area contributed by atoms with Gasteiger partial charge in [0.2, 0.25) is 17.7 Å². The fourth-order valence-electron chi connectivity index (χ4n) is 5.38. The van der Waals surface area contributed by atoms with Crippen LogP contribution in [0.2, 0.25) is 0 Å². The van der Waals surface area contributed by atoms with E-state index in [0.29, 0.717) is 6.42 Å². The molecule has 3 aromatic rings. The SMILES string of the molecule is COC[C@@H]1CC(NC(=O)c2cc(-c3cc(C(F)(F)F)c4c(N)ncnn34)cnc2OC)CN1C(=O)C1CC(F)(F)C1. The van der Waals surface area contributed by atoms with Gasteiger partial charge in [-0.25, -0.2) is 23.3 Å². The number of anilines is 1. The summed E-state index contributed by atoms with van der Waals surface area (Å²) in [6.45, 7) is 0.222. The molecule has 5 rings (SSSR count). The van der Waals surface area contributed by atoms with Gasteiger partial charge in [-0.1, -0.05) is 0 Å². The largest absolute Gasteiger partial charge is 0.480 e. The first-order valence-corrected chi connectivity index (χ1v) is 12.5. The number of methoxy groups -OCH3 is 2. The van der Waals surface area contributed by atoms with Crippen molar-refractivity contribution < 1.29 is 41.0 Å². The molecule has 0 bridgehead atoms. The first kappa shape index (κ1) is 28.4. The van der Waals surface area contributed by atoms with Crippen LogP contribution in [0.3, 0.4) is 0 Å². The van der Waals surface area contributed by atoms with E-state index in [4.69, 9.17) is 15.2 Å². The molecule has 41 heavy (non-hydrogen) atoms. The Bertz CT molecular complexity index is 1490. The third kappa shape index (κ3) is 5.35. The standard InChI is InChI=1S/C25H26F5N7O4/c1-40-10-15-4-14(9-36(15)23(39)13-6-24(26,27)7-13)35-21(38)16-3-12(8-32-22(16)41-2)18-5-17(25(28,29)30)19-20(31)33-11-34-37(18)19/h3,5,8,11,13-15H,4,6-7,9-10H2,1-2H3,(H,35,38)(H2,31,33,34)/t14?,15-/m0/s1. The number of pyridine rings is 1. The molecular formula is C25H26F5N7O4. The first-order chi connectivity index (χ1) is 19.3. The number of aromatic nitrogens is 4. The van der Waals surface area contributed by atoms with E-state index in [-0.39, 0.29) is 41.7 Å². The fraction of sp³-hybridized carbons (Fsp3) is 0.480. The summed E-state index contributed by atoms with van der Waals surface area (Å²) in [4.78, 5) is 35.5. The average molecular weight is 584 g/mol. The maximum absolute atomic E-state index is 13.8. The maximum Gasteiger partial charge on any atom is 0.418 e. The number of likely N-dealkylation sites (tertiary alicyclic amines) is 1. The van der Waals surface area contributed by atoms with E-state index in [2.05, 4.69) is 20.4 Å². The summed E-state index contributed by atoms with van der Waals surface area (Å²) in [5, 5.41) is 6.71. The van der Waals surface area contributed by atoms with Crippen molar-refractivity contribution in [1.82, 2.24) is 29.8 Å². The van der Waals surface area contributed by atoms with Gasteiger partial charge in [-0.2, -0.15) is 18.3 Å². The number of hydrogen-bond donors (Lipinski definition) is 2. The predicted octanol–water partition coefficient (Wildman–Crippen LogP) is 2.79. The van der Waals surface area contributed by atoms with Crippen LogP contribution in [0.4, 0.5) is 27.8 Å². The third-order valence-electron chi connectivity index (χ3n) is 7.30. The summed E-state index contributed by atoms with van der Waals surface area (Å²) < 4.78 is 79.4. The van der Waals surface area contributed by atoms with E-state index in [1.54, 1.807) is 0 Å². The molecule has 2 atom stereocenters. The number of rotatable bonds is 7. The van der Waals surface area contributed by atoms with Crippen LogP contribution in [-0.2, 0) is 15.7 Å². The number of hydrogen-bond acceptors (Lipinski definition) is 8. The van der Waals surface area contributed by atoms with Crippen molar-refractivity contribution in [3.05, 3.63) is 35.8 Å². The number of ether oxygens (including phenoxy) is 2. The van der Waals surface area contributed by atoms with E-state index >= 15 is 0 Å². The van der Waals surface area contributed by atoms with Crippen LogP contribution in [0.5, 0.6) is 5.88 Å². The van der Waals surface area contributed by atoms with Gasteiger partial charge in [-0.05, 0) is 18.6 Å². The molecule has 0 aromatic carbocycles. The Morgan fingerprint density at radius 3 is 2.56 bits per heavy atom. The van der Waals surface area contributed by atoms with Crippen LogP contribution in [0.25, 0.3) is 16.8 Å². The van der Waals surface area contributed by atoms with E-state index in [0.717, 1.165) is 16.9 Å². The first-order valence-electron chi connectivity index (χ1n) is 12.5. The number of alkyl halides is 5. The number of nitrogen functional groups attached to an aromatic ring is 1. The van der Waals surface area contributed by atoms with Crippen molar-refractivity contribution in [2.75, 3.05) is 33.1 Å². The Morgan fingerprint density at radius 2 is 1.93 bits per heavy atom. The van der Waals surface area contributed by atoms with Crippen molar-refractivity contribution in [3.63, 3.8) is 0 Å². The molecule has 2 amide bonds. The minimum Gasteiger partial charge on any atom is -0.480 e. The molecule has 1 aliphatic carbocycles. The highest BCUT2D eigenvalue weighted by atomic mass is 19.4. The van der Waals surface area contributed by atoms with Gasteiger partial charge in [0.15, 0.2) is 5.82 Å². The lowest BCUT2D eigenvalue weighted by atomic mass is 9.80. The number of amides is 2. The smallest absolute Gasteiger partial charge is 0.418 e. The summed E-state index contributed by atoms with van der Waals surface area (Å²) in [7, 11) is 2.72. The van der Waals surface area contributed by atoms with Gasteiger partial charge >= 0.3 is 6.18 Å². The van der Waals surface area contributed by atoms with Gasteiger partial charge in [0.05, 0.1) is 31.0 Å². The molecule has 1 aliphatic heterocycles. The molecule has 1 saturated carbocycles. The Morgan fingerprint density at radius 1 is 1.20 bits per heavy atom. The van der Waals surface area contributed by atoms with Crippen molar-refractivity contribution in [3.8, 4) is 17.1 Å². The number of nitrogens with zero attached hydrogens (tertiary/aromatic N) is 5. The predicted molar refractivity (Wildman–Crippen MR) is 133 cm³/mol. The summed E-state index contributed by atoms with van der Waals surface area (Å²) in [6, 6.07) is 1.16. The van der Waals surface area contributed by atoms with E-state index < -0.39 is 65.8 Å². The van der Waals surface area contributed by atoms with E-state index in [9.17, 15) is 31.5 Å². The lowest BCUT2D eigenvalue weighted by Crippen LogP contribution is -2.49. The molecule has 16 heteroatoms. The topological polar surface area (TPSA) is 137 Å². The molecule has 4 heterocycles. The van der Waals surface area contributed by atoms with Crippen LogP contribution in [0.1, 0.15) is 35.2 Å². The molecule has 3 aromatic heterocycles. The third-order valence-corrected chi connectivity index (χ3v) is 7.30. The molecule has 0 spiro atoms. The van der Waals surface area contributed by atoms with Crippen LogP contribution in [-0.4, -0.2) is 81.7 Å². The lowest BCUT2D eigenvalue weighted by Gasteiger charge is -2.37. The van der Waals surface area contributed by atoms with Crippen molar-refractivity contribution in [2.45, 2.75) is 43.4 Å². The van der Waals surface area contributed by atoms with Crippen molar-refractivity contribution >= 4 is 23.1 Å². The van der Waals surface area contributed by atoms with Gasteiger partial charge < -0.3 is 25.4 Å². The molecule has 1 unspecified atom stereocenters. The highest BCUT2D eigenvalue weighted by Crippen LogP contribution is 2.44. The zero-order valence-electron chi connectivity index (χ0n) is 21.9. The normalized spacial score (nSPS) is 20.7. The molecule has 0 radical (unpaired) electrons. The zero-order valence-corrected chi connectivity index (χ0v) is 21.9. The highest BCUT2D eigenvalue weighted by Gasteiger charge is 2.51. The molecule has 2 fully saturated rings. The van der Waals surface area contributed by atoms with Crippen molar-refractivity contribution in [1.29, 1.82) is 0 Å². The van der Waals surface area contributed by atoms with Crippen LogP contribution in [0.15, 0.2) is 24.7 Å². The molecule has 11 nitrogen and oxygen atoms in total. The second kappa shape index (κ2) is 10.4. The lowest BCUT2D eigenvalue weighted by molar-refractivity contribution is -0.161. The second-order valence-corrected chi connectivity index (χ2v) is 10.1. The van der Waals surface area contributed by atoms with Crippen LogP contribution < -0.4 is 15.8 Å². The monoisotopic (exact) mass is 583 g/mol. The number of carbonyl (C=O) groups is 2. The van der Waals surface area contributed by atoms with Crippen LogP contribution in [0, 0.1) is 5.92 Å².